The molecular weight excluding hydrogens is 222 g/mol. The summed E-state index contributed by atoms with van der Waals surface area (Å²) in [7, 11) is 0. The van der Waals surface area contributed by atoms with Crippen LogP contribution in [0, 0.1) is 0 Å². The molecule has 0 unspecified atom stereocenters. The van der Waals surface area contributed by atoms with Gasteiger partial charge in [-0.3, -0.25) is 4.68 Å². The van der Waals surface area contributed by atoms with Gasteiger partial charge >= 0.3 is 0 Å². The highest BCUT2D eigenvalue weighted by atomic mass is 15.3. The van der Waals surface area contributed by atoms with Gasteiger partial charge in [0.05, 0.1) is 5.69 Å². The fourth-order valence-electron chi connectivity index (χ4n) is 2.04. The van der Waals surface area contributed by atoms with Crippen molar-refractivity contribution >= 4 is 0 Å². The zero-order valence-corrected chi connectivity index (χ0v) is 11.1. The molecule has 0 aliphatic carbocycles. The molecule has 1 aromatic heterocycles. The molecule has 3 nitrogen and oxygen atoms in total. The smallest absolute Gasteiger partial charge is 0.0522 e. The van der Waals surface area contributed by atoms with Gasteiger partial charge in [-0.25, -0.2) is 0 Å². The first kappa shape index (κ1) is 12.8. The number of nitrogens with zero attached hydrogens (tertiary/aromatic N) is 2. The minimum absolute atomic E-state index is 0.358. The first-order chi connectivity index (χ1) is 8.81. The quantitative estimate of drug-likeness (QED) is 0.844. The molecule has 0 fully saturated rings. The molecule has 3 heteroatoms. The molecule has 2 aromatic rings. The van der Waals surface area contributed by atoms with E-state index < -0.39 is 0 Å². The van der Waals surface area contributed by atoms with Gasteiger partial charge in [0, 0.05) is 25.3 Å². The summed E-state index contributed by atoms with van der Waals surface area (Å²) in [6.07, 6.45) is 2.99. The molecule has 0 saturated heterocycles. The Balaban J connectivity index is 1.93. The van der Waals surface area contributed by atoms with Crippen molar-refractivity contribution in [1.82, 2.24) is 15.1 Å². The lowest BCUT2D eigenvalue weighted by molar-refractivity contribution is 0.517. The fraction of sp³-hybridized carbons (Fsp3) is 0.400. The Labute approximate surface area is 109 Å². The van der Waals surface area contributed by atoms with Crippen molar-refractivity contribution in [2.45, 2.75) is 39.4 Å². The predicted octanol–water partition coefficient (Wildman–Crippen LogP) is 3.14. The van der Waals surface area contributed by atoms with Crippen LogP contribution in [0.4, 0.5) is 0 Å². The minimum atomic E-state index is 0.358. The molecule has 1 atom stereocenters. The number of nitrogens with one attached hydrogen (secondary N) is 1. The first-order valence-corrected chi connectivity index (χ1v) is 6.60. The Morgan fingerprint density at radius 2 is 2.00 bits per heavy atom. The maximum absolute atomic E-state index is 4.33. The standard InChI is InChI=1S/C15H21N3/c1-3-11-18-15(9-10-17-18)12-16-13(2)14-7-5-4-6-8-14/h4-10,13,16H,3,11-12H2,1-2H3/t13-/m0/s1. The van der Waals surface area contributed by atoms with Crippen LogP contribution in [0.5, 0.6) is 0 Å². The molecular formula is C15H21N3. The predicted molar refractivity (Wildman–Crippen MR) is 74.2 cm³/mol. The Kier molecular flexibility index (Phi) is 4.53. The Morgan fingerprint density at radius 1 is 1.22 bits per heavy atom. The number of hydrogen-bond donors (Lipinski definition) is 1. The highest BCUT2D eigenvalue weighted by molar-refractivity contribution is 5.18. The van der Waals surface area contributed by atoms with Gasteiger partial charge in [0.2, 0.25) is 0 Å². The van der Waals surface area contributed by atoms with Gasteiger partial charge in [0.15, 0.2) is 0 Å². The van der Waals surface area contributed by atoms with Crippen LogP contribution < -0.4 is 5.32 Å². The van der Waals surface area contributed by atoms with Crippen LogP contribution in [0.1, 0.15) is 37.6 Å². The summed E-state index contributed by atoms with van der Waals surface area (Å²) in [5, 5.41) is 7.87. The van der Waals surface area contributed by atoms with E-state index >= 15 is 0 Å². The van der Waals surface area contributed by atoms with E-state index in [1.807, 2.05) is 12.3 Å². The summed E-state index contributed by atoms with van der Waals surface area (Å²) in [5.41, 5.74) is 2.57. The molecule has 0 aliphatic rings. The van der Waals surface area contributed by atoms with Gasteiger partial charge in [0.25, 0.3) is 0 Å². The van der Waals surface area contributed by atoms with E-state index in [1.165, 1.54) is 11.3 Å². The van der Waals surface area contributed by atoms with E-state index in [4.69, 9.17) is 0 Å². The van der Waals surface area contributed by atoms with Gasteiger partial charge in [-0.15, -0.1) is 0 Å². The van der Waals surface area contributed by atoms with E-state index in [0.717, 1.165) is 19.5 Å². The van der Waals surface area contributed by atoms with Crippen molar-refractivity contribution in [2.75, 3.05) is 0 Å². The average molecular weight is 243 g/mol. The molecule has 0 spiro atoms. The largest absolute Gasteiger partial charge is 0.305 e. The fourth-order valence-corrected chi connectivity index (χ4v) is 2.04. The maximum Gasteiger partial charge on any atom is 0.0522 e. The van der Waals surface area contributed by atoms with Crippen molar-refractivity contribution in [2.24, 2.45) is 0 Å². The number of benzene rings is 1. The lowest BCUT2D eigenvalue weighted by Crippen LogP contribution is -2.20. The van der Waals surface area contributed by atoms with E-state index in [1.54, 1.807) is 0 Å². The van der Waals surface area contributed by atoms with Crippen LogP contribution >= 0.6 is 0 Å². The van der Waals surface area contributed by atoms with Crippen LogP contribution in [0.2, 0.25) is 0 Å². The summed E-state index contributed by atoms with van der Waals surface area (Å²) in [6.45, 7) is 6.21. The van der Waals surface area contributed by atoms with Crippen molar-refractivity contribution in [1.29, 1.82) is 0 Å². The van der Waals surface area contributed by atoms with Crippen molar-refractivity contribution < 1.29 is 0 Å². The molecule has 96 valence electrons. The molecule has 1 heterocycles. The van der Waals surface area contributed by atoms with Gasteiger partial charge in [-0.2, -0.15) is 5.10 Å². The SMILES string of the molecule is CCCn1nccc1CN[C@@H](C)c1ccccc1. The maximum atomic E-state index is 4.33. The molecule has 0 amide bonds. The Bertz CT molecular complexity index is 462. The Hall–Kier alpha value is -1.61. The van der Waals surface area contributed by atoms with E-state index in [9.17, 15) is 0 Å². The first-order valence-electron chi connectivity index (χ1n) is 6.60. The summed E-state index contributed by atoms with van der Waals surface area (Å²) in [4.78, 5) is 0. The summed E-state index contributed by atoms with van der Waals surface area (Å²) in [6, 6.07) is 13.0. The summed E-state index contributed by atoms with van der Waals surface area (Å²) < 4.78 is 2.07. The van der Waals surface area contributed by atoms with Crippen LogP contribution in [-0.2, 0) is 13.1 Å². The van der Waals surface area contributed by atoms with Gasteiger partial charge in [0.1, 0.15) is 0 Å². The van der Waals surface area contributed by atoms with Crippen molar-refractivity contribution in [3.63, 3.8) is 0 Å². The molecule has 0 radical (unpaired) electrons. The van der Waals surface area contributed by atoms with Crippen LogP contribution in [-0.4, -0.2) is 9.78 Å². The van der Waals surface area contributed by atoms with Crippen LogP contribution in [0.25, 0.3) is 0 Å². The zero-order chi connectivity index (χ0) is 12.8. The molecule has 0 saturated carbocycles. The van der Waals surface area contributed by atoms with Crippen molar-refractivity contribution in [3.8, 4) is 0 Å². The van der Waals surface area contributed by atoms with E-state index in [2.05, 4.69) is 59.3 Å². The lowest BCUT2D eigenvalue weighted by atomic mass is 10.1. The third-order valence-corrected chi connectivity index (χ3v) is 3.13. The molecule has 0 bridgehead atoms. The molecule has 1 N–H and O–H groups in total. The highest BCUT2D eigenvalue weighted by Gasteiger charge is 2.06. The second-order valence-corrected chi connectivity index (χ2v) is 4.56. The zero-order valence-electron chi connectivity index (χ0n) is 11.1. The Morgan fingerprint density at radius 3 is 2.72 bits per heavy atom. The van der Waals surface area contributed by atoms with Crippen molar-refractivity contribution in [3.05, 3.63) is 53.9 Å². The van der Waals surface area contributed by atoms with Crippen LogP contribution in [0.15, 0.2) is 42.6 Å². The summed E-state index contributed by atoms with van der Waals surface area (Å²) >= 11 is 0. The third-order valence-electron chi connectivity index (χ3n) is 3.13. The molecule has 2 rings (SSSR count). The molecule has 1 aromatic carbocycles. The minimum Gasteiger partial charge on any atom is -0.305 e. The molecule has 0 aliphatic heterocycles. The third kappa shape index (κ3) is 3.20. The lowest BCUT2D eigenvalue weighted by Gasteiger charge is -2.14. The normalized spacial score (nSPS) is 12.6. The number of hydrogen-bond acceptors (Lipinski definition) is 2. The van der Waals surface area contributed by atoms with Crippen LogP contribution in [0.3, 0.4) is 0 Å². The van der Waals surface area contributed by atoms with E-state index in [0.29, 0.717) is 6.04 Å². The van der Waals surface area contributed by atoms with Gasteiger partial charge < -0.3 is 5.32 Å². The van der Waals surface area contributed by atoms with Gasteiger partial charge in [-0.05, 0) is 25.0 Å². The number of aryl methyl sites for hydroxylation is 1. The highest BCUT2D eigenvalue weighted by Crippen LogP contribution is 2.12. The number of aromatic nitrogens is 2. The number of rotatable bonds is 6. The van der Waals surface area contributed by atoms with E-state index in [-0.39, 0.29) is 0 Å². The van der Waals surface area contributed by atoms with Gasteiger partial charge in [-0.1, -0.05) is 37.3 Å². The second-order valence-electron chi connectivity index (χ2n) is 4.56. The monoisotopic (exact) mass is 243 g/mol. The second kappa shape index (κ2) is 6.36. The average Bonchev–Trinajstić information content (AvgIpc) is 2.85. The summed E-state index contributed by atoms with van der Waals surface area (Å²) in [5.74, 6) is 0. The molecule has 18 heavy (non-hydrogen) atoms. The topological polar surface area (TPSA) is 29.9 Å².